The van der Waals surface area contributed by atoms with Crippen LogP contribution in [-0.2, 0) is 16.0 Å². The maximum absolute atomic E-state index is 12.8. The van der Waals surface area contributed by atoms with E-state index in [0.29, 0.717) is 17.9 Å². The standard InChI is InChI=1S/C24H25N7O3/c1-15(22-29-28-20-8-4-5-12-30(20)22)26-21(32)10-9-19-23(33)31(24(34)27-19)13-11-16-14-25-18-7-3-2-6-17(16)18/h2-8,12,14-15,19,25H,9-11,13H2,1H3,(H,26,32)(H,27,34)/t15-,19-/m0/s1. The van der Waals surface area contributed by atoms with Crippen LogP contribution in [0.1, 0.15) is 37.2 Å². The summed E-state index contributed by atoms with van der Waals surface area (Å²) in [6, 6.07) is 12.0. The first-order valence-electron chi connectivity index (χ1n) is 11.3. The van der Waals surface area contributed by atoms with Crippen molar-refractivity contribution in [2.75, 3.05) is 6.54 Å². The maximum atomic E-state index is 12.8. The van der Waals surface area contributed by atoms with E-state index in [1.165, 1.54) is 4.90 Å². The van der Waals surface area contributed by atoms with Gasteiger partial charge in [0.25, 0.3) is 5.91 Å². The first-order chi connectivity index (χ1) is 16.5. The van der Waals surface area contributed by atoms with E-state index in [1.807, 2.05) is 66.2 Å². The zero-order valence-electron chi connectivity index (χ0n) is 18.7. The van der Waals surface area contributed by atoms with Crippen LogP contribution in [-0.4, -0.2) is 54.9 Å². The molecule has 0 aliphatic carbocycles. The van der Waals surface area contributed by atoms with E-state index in [-0.39, 0.29) is 37.2 Å². The van der Waals surface area contributed by atoms with Gasteiger partial charge < -0.3 is 15.6 Å². The Bertz CT molecular complexity index is 1380. The molecule has 1 fully saturated rings. The third kappa shape index (κ3) is 4.09. The highest BCUT2D eigenvalue weighted by Gasteiger charge is 2.37. The molecule has 174 valence electrons. The maximum Gasteiger partial charge on any atom is 0.324 e. The minimum absolute atomic E-state index is 0.105. The number of nitrogens with one attached hydrogen (secondary N) is 3. The molecular weight excluding hydrogens is 434 g/mol. The highest BCUT2D eigenvalue weighted by atomic mass is 16.2. The highest BCUT2D eigenvalue weighted by Crippen LogP contribution is 2.20. The van der Waals surface area contributed by atoms with E-state index >= 15 is 0 Å². The SMILES string of the molecule is C[C@H](NC(=O)CC[C@@H]1NC(=O)N(CCc2c[nH]c3ccccc23)C1=O)c1nnc2ccccn12. The fraction of sp³-hybridized carbons (Fsp3) is 0.292. The van der Waals surface area contributed by atoms with Gasteiger partial charge in [-0.3, -0.25) is 18.9 Å². The summed E-state index contributed by atoms with van der Waals surface area (Å²) in [6.07, 6.45) is 4.64. The number of hydrogen-bond donors (Lipinski definition) is 3. The Morgan fingerprint density at radius 2 is 1.97 bits per heavy atom. The van der Waals surface area contributed by atoms with Gasteiger partial charge in [-0.1, -0.05) is 24.3 Å². The number of benzene rings is 1. The molecule has 1 aromatic carbocycles. The minimum atomic E-state index is -0.703. The van der Waals surface area contributed by atoms with Gasteiger partial charge in [-0.2, -0.15) is 0 Å². The molecular formula is C24H25N7O3. The summed E-state index contributed by atoms with van der Waals surface area (Å²) in [5.74, 6) is 0.103. The van der Waals surface area contributed by atoms with E-state index in [1.54, 1.807) is 0 Å². The average molecular weight is 460 g/mol. The predicted molar refractivity (Wildman–Crippen MR) is 125 cm³/mol. The predicted octanol–water partition coefficient (Wildman–Crippen LogP) is 2.33. The van der Waals surface area contributed by atoms with Gasteiger partial charge in [0, 0.05) is 36.3 Å². The van der Waals surface area contributed by atoms with Crippen molar-refractivity contribution >= 4 is 34.4 Å². The van der Waals surface area contributed by atoms with E-state index < -0.39 is 12.1 Å². The molecule has 10 heteroatoms. The number of H-pyrrole nitrogens is 1. The Balaban J connectivity index is 1.14. The molecule has 0 spiro atoms. The number of urea groups is 1. The van der Waals surface area contributed by atoms with Crippen molar-refractivity contribution in [2.24, 2.45) is 0 Å². The molecule has 4 heterocycles. The number of hydrogen-bond acceptors (Lipinski definition) is 5. The van der Waals surface area contributed by atoms with Crippen molar-refractivity contribution < 1.29 is 14.4 Å². The number of imide groups is 1. The second-order valence-corrected chi connectivity index (χ2v) is 8.42. The number of carbonyl (C=O) groups is 3. The quantitative estimate of drug-likeness (QED) is 0.349. The Hall–Kier alpha value is -4.21. The molecule has 1 saturated heterocycles. The number of aromatic nitrogens is 4. The summed E-state index contributed by atoms with van der Waals surface area (Å²) >= 11 is 0. The number of nitrogens with zero attached hydrogens (tertiary/aromatic N) is 4. The molecule has 5 rings (SSSR count). The summed E-state index contributed by atoms with van der Waals surface area (Å²) in [4.78, 5) is 42.1. The van der Waals surface area contributed by atoms with Gasteiger partial charge in [0.05, 0.1) is 6.04 Å². The second-order valence-electron chi connectivity index (χ2n) is 8.42. The van der Waals surface area contributed by atoms with E-state index in [9.17, 15) is 14.4 Å². The Morgan fingerprint density at radius 1 is 1.15 bits per heavy atom. The highest BCUT2D eigenvalue weighted by molar-refractivity contribution is 6.04. The molecule has 4 amide bonds. The number of rotatable bonds is 8. The molecule has 34 heavy (non-hydrogen) atoms. The lowest BCUT2D eigenvalue weighted by molar-refractivity contribution is -0.127. The van der Waals surface area contributed by atoms with Gasteiger partial charge in [0.1, 0.15) is 6.04 Å². The van der Waals surface area contributed by atoms with Gasteiger partial charge >= 0.3 is 6.03 Å². The topological polar surface area (TPSA) is 124 Å². The Labute approximate surface area is 195 Å². The normalized spacial score (nSPS) is 16.9. The van der Waals surface area contributed by atoms with Gasteiger partial charge in [0.15, 0.2) is 11.5 Å². The largest absolute Gasteiger partial charge is 0.361 e. The number of fused-ring (bicyclic) bond motifs is 2. The monoisotopic (exact) mass is 459 g/mol. The van der Waals surface area contributed by atoms with E-state index in [0.717, 1.165) is 16.5 Å². The fourth-order valence-corrected chi connectivity index (χ4v) is 4.36. The molecule has 0 radical (unpaired) electrons. The lowest BCUT2D eigenvalue weighted by Crippen LogP contribution is -2.34. The smallest absolute Gasteiger partial charge is 0.324 e. The first kappa shape index (κ1) is 21.6. The van der Waals surface area contributed by atoms with Gasteiger partial charge in [0.2, 0.25) is 5.91 Å². The van der Waals surface area contributed by atoms with Crippen LogP contribution in [0.4, 0.5) is 4.79 Å². The van der Waals surface area contributed by atoms with Crippen LogP contribution in [0, 0.1) is 0 Å². The second kappa shape index (κ2) is 8.97. The van der Waals surface area contributed by atoms with Crippen LogP contribution < -0.4 is 10.6 Å². The van der Waals surface area contributed by atoms with Gasteiger partial charge in [-0.05, 0) is 43.5 Å². The van der Waals surface area contributed by atoms with E-state index in [2.05, 4.69) is 25.8 Å². The van der Waals surface area contributed by atoms with Crippen molar-refractivity contribution in [3.63, 3.8) is 0 Å². The number of pyridine rings is 1. The summed E-state index contributed by atoms with van der Waals surface area (Å²) in [7, 11) is 0. The average Bonchev–Trinajstić information content (AvgIpc) is 3.52. The number of carbonyl (C=O) groups excluding carboxylic acids is 3. The fourth-order valence-electron chi connectivity index (χ4n) is 4.36. The molecule has 3 aromatic heterocycles. The Kier molecular flexibility index (Phi) is 5.70. The zero-order valence-corrected chi connectivity index (χ0v) is 18.7. The van der Waals surface area contributed by atoms with Crippen molar-refractivity contribution in [1.82, 2.24) is 35.1 Å². The van der Waals surface area contributed by atoms with Crippen LogP contribution in [0.3, 0.4) is 0 Å². The number of amides is 4. The van der Waals surface area contributed by atoms with Crippen LogP contribution in [0.15, 0.2) is 54.9 Å². The van der Waals surface area contributed by atoms with Crippen molar-refractivity contribution in [1.29, 1.82) is 0 Å². The molecule has 2 atom stereocenters. The Morgan fingerprint density at radius 3 is 2.85 bits per heavy atom. The van der Waals surface area contributed by atoms with Crippen molar-refractivity contribution in [2.45, 2.75) is 38.3 Å². The number of para-hydroxylation sites is 1. The lowest BCUT2D eigenvalue weighted by atomic mass is 10.1. The molecule has 0 saturated carbocycles. The summed E-state index contributed by atoms with van der Waals surface area (Å²) in [5, 5.41) is 14.9. The van der Waals surface area contributed by atoms with Crippen LogP contribution in [0.25, 0.3) is 16.6 Å². The molecule has 4 aromatic rings. The van der Waals surface area contributed by atoms with Crippen LogP contribution >= 0.6 is 0 Å². The van der Waals surface area contributed by atoms with Crippen molar-refractivity contribution in [3.05, 3.63) is 66.2 Å². The molecule has 0 bridgehead atoms. The molecule has 0 unspecified atom stereocenters. The summed E-state index contributed by atoms with van der Waals surface area (Å²) in [6.45, 7) is 2.11. The first-order valence-corrected chi connectivity index (χ1v) is 11.3. The van der Waals surface area contributed by atoms with Crippen molar-refractivity contribution in [3.8, 4) is 0 Å². The zero-order chi connectivity index (χ0) is 23.7. The number of aromatic amines is 1. The molecule has 1 aliphatic rings. The van der Waals surface area contributed by atoms with E-state index in [4.69, 9.17) is 0 Å². The van der Waals surface area contributed by atoms with Gasteiger partial charge in [-0.15, -0.1) is 10.2 Å². The molecule has 3 N–H and O–H groups in total. The van der Waals surface area contributed by atoms with Crippen LogP contribution in [0.5, 0.6) is 0 Å². The molecule has 10 nitrogen and oxygen atoms in total. The third-order valence-corrected chi connectivity index (χ3v) is 6.15. The van der Waals surface area contributed by atoms with Crippen LogP contribution in [0.2, 0.25) is 0 Å². The summed E-state index contributed by atoms with van der Waals surface area (Å²) in [5.41, 5.74) is 2.77. The summed E-state index contributed by atoms with van der Waals surface area (Å²) < 4.78 is 1.82. The van der Waals surface area contributed by atoms with Gasteiger partial charge in [-0.25, -0.2) is 4.79 Å². The third-order valence-electron chi connectivity index (χ3n) is 6.15. The molecule has 1 aliphatic heterocycles. The lowest BCUT2D eigenvalue weighted by Gasteiger charge is -2.14. The minimum Gasteiger partial charge on any atom is -0.361 e.